The Labute approximate surface area is 194 Å². The van der Waals surface area contributed by atoms with Crippen LogP contribution in [0.25, 0.3) is 0 Å². The summed E-state index contributed by atoms with van der Waals surface area (Å²) in [7, 11) is 0. The molecule has 1 heterocycles. The summed E-state index contributed by atoms with van der Waals surface area (Å²) in [4.78, 5) is 0. The molecule has 9 heteroatoms. The summed E-state index contributed by atoms with van der Waals surface area (Å²) in [6.45, 7) is 0.162. The van der Waals surface area contributed by atoms with Gasteiger partial charge in [0.2, 0.25) is 5.60 Å². The van der Waals surface area contributed by atoms with Gasteiger partial charge in [0.05, 0.1) is 19.8 Å². The minimum absolute atomic E-state index is 0.0141. The van der Waals surface area contributed by atoms with Gasteiger partial charge in [-0.2, -0.15) is 0 Å². The fraction of sp³-hybridized carbons (Fsp3) is 0.333. The lowest BCUT2D eigenvalue weighted by molar-refractivity contribution is -0.158. The van der Waals surface area contributed by atoms with E-state index in [0.29, 0.717) is 25.7 Å². The van der Waals surface area contributed by atoms with Gasteiger partial charge in [0, 0.05) is 20.1 Å². The van der Waals surface area contributed by atoms with E-state index < -0.39 is 24.1 Å². The van der Waals surface area contributed by atoms with Gasteiger partial charge in [0.1, 0.15) is 12.2 Å². The van der Waals surface area contributed by atoms with Crippen LogP contribution < -0.4 is 0 Å². The van der Waals surface area contributed by atoms with Crippen molar-refractivity contribution in [2.24, 2.45) is 0 Å². The van der Waals surface area contributed by atoms with Crippen molar-refractivity contribution in [2.45, 2.75) is 37.3 Å². The maximum atomic E-state index is 10.7. The molecule has 3 rings (SSSR count). The summed E-state index contributed by atoms with van der Waals surface area (Å²) in [6.07, 6.45) is 1.91. The van der Waals surface area contributed by atoms with Gasteiger partial charge in [-0.05, 0) is 35.4 Å². The molecule has 5 nitrogen and oxygen atoms in total. The van der Waals surface area contributed by atoms with Gasteiger partial charge in [0.15, 0.2) is 6.29 Å². The number of hydrogen-bond acceptors (Lipinski definition) is 5. The number of hydrogen-bond donors (Lipinski definition) is 2. The Morgan fingerprint density at radius 1 is 1.00 bits per heavy atom. The Morgan fingerprint density at radius 3 is 2.10 bits per heavy atom. The molecule has 0 aromatic heterocycles. The second kappa shape index (κ2) is 10.1. The molecule has 0 spiro atoms. The molecule has 4 atom stereocenters. The van der Waals surface area contributed by atoms with Crippen molar-refractivity contribution in [3.63, 3.8) is 0 Å². The average molecular weight is 492 g/mol. The molecule has 1 aliphatic heterocycles. The highest BCUT2D eigenvalue weighted by atomic mass is 35.5. The summed E-state index contributed by atoms with van der Waals surface area (Å²) >= 11 is 24.1. The van der Waals surface area contributed by atoms with Gasteiger partial charge in [0.25, 0.3) is 0 Å². The van der Waals surface area contributed by atoms with Gasteiger partial charge in [-0.1, -0.05) is 64.5 Å². The van der Waals surface area contributed by atoms with Crippen LogP contribution in [0.2, 0.25) is 20.1 Å². The first kappa shape index (κ1) is 23.6. The number of rotatable bonds is 7. The fourth-order valence-corrected chi connectivity index (χ4v) is 3.95. The Hall–Kier alpha value is -1.04. The van der Waals surface area contributed by atoms with Crippen LogP contribution in [-0.2, 0) is 27.4 Å². The molecule has 1 fully saturated rings. The number of benzene rings is 2. The Balaban J connectivity index is 1.68. The zero-order valence-corrected chi connectivity index (χ0v) is 18.5. The van der Waals surface area contributed by atoms with E-state index in [1.54, 1.807) is 36.4 Å². The first-order valence-corrected chi connectivity index (χ1v) is 10.4. The summed E-state index contributed by atoms with van der Waals surface area (Å²) in [5, 5.41) is 22.7. The van der Waals surface area contributed by atoms with Crippen molar-refractivity contribution in [1.82, 2.24) is 0 Å². The lowest BCUT2D eigenvalue weighted by Crippen LogP contribution is -2.49. The maximum Gasteiger partial charge on any atom is 0.205 e. The van der Waals surface area contributed by atoms with Crippen molar-refractivity contribution in [2.75, 3.05) is 6.61 Å². The van der Waals surface area contributed by atoms with E-state index >= 15 is 0 Å². The second-order valence-electron chi connectivity index (χ2n) is 6.71. The van der Waals surface area contributed by atoms with E-state index in [1.807, 2.05) is 0 Å². The molecule has 2 aromatic carbocycles. The van der Waals surface area contributed by atoms with Crippen LogP contribution in [-0.4, -0.2) is 40.9 Å². The molecule has 1 aliphatic rings. The predicted octanol–water partition coefficient (Wildman–Crippen LogP) is 4.48. The minimum Gasteiger partial charge on any atom is -0.374 e. The van der Waals surface area contributed by atoms with E-state index in [0.717, 1.165) is 5.56 Å². The highest BCUT2D eigenvalue weighted by molar-refractivity contribution is 6.35. The van der Waals surface area contributed by atoms with Crippen LogP contribution in [0.5, 0.6) is 0 Å². The van der Waals surface area contributed by atoms with Crippen LogP contribution in [0.15, 0.2) is 36.4 Å². The Bertz CT molecular complexity index is 947. The molecule has 4 unspecified atom stereocenters. The van der Waals surface area contributed by atoms with Gasteiger partial charge in [-0.3, -0.25) is 0 Å². The molecule has 0 bridgehead atoms. The summed E-state index contributed by atoms with van der Waals surface area (Å²) < 4.78 is 16.9. The van der Waals surface area contributed by atoms with Crippen LogP contribution >= 0.6 is 46.4 Å². The predicted molar refractivity (Wildman–Crippen MR) is 116 cm³/mol. The molecule has 2 N–H and O–H groups in total. The van der Waals surface area contributed by atoms with Gasteiger partial charge in [-0.15, -0.1) is 6.42 Å². The smallest absolute Gasteiger partial charge is 0.205 e. The zero-order chi connectivity index (χ0) is 21.9. The minimum atomic E-state index is -2.05. The number of aliphatic hydroxyl groups is 2. The topological polar surface area (TPSA) is 68.2 Å². The van der Waals surface area contributed by atoms with Gasteiger partial charge < -0.3 is 24.4 Å². The maximum absolute atomic E-state index is 10.7. The van der Waals surface area contributed by atoms with E-state index in [-0.39, 0.29) is 19.8 Å². The molecule has 0 saturated carbocycles. The SMILES string of the molecule is C#CC1(O)C(O)OC(COCc2ccc(Cl)cc2Cl)C1OCc1ccc(Cl)cc1Cl. The van der Waals surface area contributed by atoms with Crippen LogP contribution in [0, 0.1) is 12.3 Å². The standard InChI is InChI=1S/C21H18Cl4O5/c1-2-21(27)19(29-10-13-4-6-15(23)8-17(13)25)18(30-20(21)26)11-28-9-12-3-5-14(22)7-16(12)24/h1,3-8,18-20,26-27H,9-11H2. The van der Waals surface area contributed by atoms with E-state index in [2.05, 4.69) is 5.92 Å². The highest BCUT2D eigenvalue weighted by Crippen LogP contribution is 2.34. The molecule has 0 amide bonds. The number of terminal acetylenes is 1. The van der Waals surface area contributed by atoms with Gasteiger partial charge >= 0.3 is 0 Å². The molecule has 30 heavy (non-hydrogen) atoms. The van der Waals surface area contributed by atoms with Crippen molar-refractivity contribution in [1.29, 1.82) is 0 Å². The largest absolute Gasteiger partial charge is 0.374 e. The molecule has 0 radical (unpaired) electrons. The second-order valence-corrected chi connectivity index (χ2v) is 8.40. The molecular weight excluding hydrogens is 474 g/mol. The summed E-state index contributed by atoms with van der Waals surface area (Å²) in [5.74, 6) is 2.16. The van der Waals surface area contributed by atoms with Crippen molar-refractivity contribution >= 4 is 46.4 Å². The third kappa shape index (κ3) is 5.23. The van der Waals surface area contributed by atoms with Crippen LogP contribution in [0.3, 0.4) is 0 Å². The molecule has 160 valence electrons. The monoisotopic (exact) mass is 490 g/mol. The first-order valence-electron chi connectivity index (χ1n) is 8.85. The van der Waals surface area contributed by atoms with Crippen molar-refractivity contribution in [3.8, 4) is 12.3 Å². The number of aliphatic hydroxyl groups excluding tert-OH is 1. The zero-order valence-electron chi connectivity index (χ0n) is 15.5. The molecule has 1 saturated heterocycles. The normalized spacial score (nSPS) is 26.0. The van der Waals surface area contributed by atoms with Crippen molar-refractivity contribution in [3.05, 3.63) is 67.6 Å². The van der Waals surface area contributed by atoms with E-state index in [4.69, 9.17) is 67.0 Å². The lowest BCUT2D eigenvalue weighted by atomic mass is 9.96. The quantitative estimate of drug-likeness (QED) is 0.559. The van der Waals surface area contributed by atoms with Crippen LogP contribution in [0.4, 0.5) is 0 Å². The number of halogens is 4. The average Bonchev–Trinajstić information content (AvgIpc) is 2.93. The summed E-state index contributed by atoms with van der Waals surface area (Å²) in [6, 6.07) is 9.97. The fourth-order valence-electron chi connectivity index (χ4n) is 3.02. The first-order chi connectivity index (χ1) is 14.2. The van der Waals surface area contributed by atoms with Crippen LogP contribution in [0.1, 0.15) is 11.1 Å². The highest BCUT2D eigenvalue weighted by Gasteiger charge is 2.55. The Morgan fingerprint density at radius 2 is 1.57 bits per heavy atom. The molecular formula is C21H18Cl4O5. The van der Waals surface area contributed by atoms with Crippen molar-refractivity contribution < 1.29 is 24.4 Å². The van der Waals surface area contributed by atoms with Gasteiger partial charge in [-0.25, -0.2) is 0 Å². The molecule has 2 aromatic rings. The lowest BCUT2D eigenvalue weighted by Gasteiger charge is -2.27. The third-order valence-electron chi connectivity index (χ3n) is 4.67. The van der Waals surface area contributed by atoms with E-state index in [1.165, 1.54) is 0 Å². The Kier molecular flexibility index (Phi) is 7.92. The molecule has 0 aliphatic carbocycles. The third-order valence-corrected chi connectivity index (χ3v) is 5.85. The summed E-state index contributed by atoms with van der Waals surface area (Å²) in [5.41, 5.74) is -0.697. The number of ether oxygens (including phenoxy) is 3. The van der Waals surface area contributed by atoms with E-state index in [9.17, 15) is 10.2 Å².